The highest BCUT2D eigenvalue weighted by Crippen LogP contribution is 2.43. The number of benzene rings is 1. The van der Waals surface area contributed by atoms with Crippen LogP contribution >= 0.6 is 0 Å². The van der Waals surface area contributed by atoms with Gasteiger partial charge >= 0.3 is 0 Å². The Morgan fingerprint density at radius 1 is 1.18 bits per heavy atom. The zero-order valence-electron chi connectivity index (χ0n) is 16.4. The first-order valence-corrected chi connectivity index (χ1v) is 9.86. The molecule has 6 heteroatoms. The van der Waals surface area contributed by atoms with Crippen LogP contribution in [0.1, 0.15) is 52.9 Å². The predicted octanol–water partition coefficient (Wildman–Crippen LogP) is 3.15. The zero-order chi connectivity index (χ0) is 19.9. The van der Waals surface area contributed by atoms with Gasteiger partial charge in [0.1, 0.15) is 5.76 Å². The molecule has 0 radical (unpaired) electrons. The molecule has 28 heavy (non-hydrogen) atoms. The maximum atomic E-state index is 13.3. The first-order chi connectivity index (χ1) is 13.4. The summed E-state index contributed by atoms with van der Waals surface area (Å²) < 4.78 is 5.33. The molecule has 1 amide bonds. The van der Waals surface area contributed by atoms with Gasteiger partial charge in [-0.15, -0.1) is 0 Å². The summed E-state index contributed by atoms with van der Waals surface area (Å²) in [5.74, 6) is -0.198. The number of hydrogen-bond donors (Lipinski definition) is 1. The summed E-state index contributed by atoms with van der Waals surface area (Å²) in [6.45, 7) is 5.84. The Balaban J connectivity index is 1.65. The van der Waals surface area contributed by atoms with Crippen molar-refractivity contribution in [3.63, 3.8) is 0 Å². The van der Waals surface area contributed by atoms with E-state index in [0.717, 1.165) is 31.5 Å². The van der Waals surface area contributed by atoms with E-state index in [0.29, 0.717) is 29.2 Å². The SMILES string of the molecule is Cc1coc(C)c1C(=O)C[C@@]1(O)C(=O)N(CN2CCCCC2)c2ccccc21. The van der Waals surface area contributed by atoms with Gasteiger partial charge in [-0.3, -0.25) is 19.4 Å². The van der Waals surface area contributed by atoms with E-state index in [1.807, 2.05) is 12.1 Å². The average molecular weight is 382 g/mol. The van der Waals surface area contributed by atoms with Crippen molar-refractivity contribution in [2.75, 3.05) is 24.7 Å². The van der Waals surface area contributed by atoms with Crippen LogP contribution in [0.2, 0.25) is 0 Å². The van der Waals surface area contributed by atoms with Gasteiger partial charge in [0.05, 0.1) is 30.6 Å². The first-order valence-electron chi connectivity index (χ1n) is 9.86. The van der Waals surface area contributed by atoms with Crippen molar-refractivity contribution in [2.24, 2.45) is 0 Å². The smallest absolute Gasteiger partial charge is 0.265 e. The third-order valence-corrected chi connectivity index (χ3v) is 5.88. The molecule has 1 aromatic heterocycles. The zero-order valence-corrected chi connectivity index (χ0v) is 16.4. The van der Waals surface area contributed by atoms with Gasteiger partial charge in [-0.05, 0) is 51.4 Å². The van der Waals surface area contributed by atoms with Gasteiger partial charge in [0.25, 0.3) is 5.91 Å². The molecule has 1 aromatic carbocycles. The molecule has 2 aromatic rings. The standard InChI is InChI=1S/C22H26N2O4/c1-15-13-28-16(2)20(15)19(25)12-22(27)17-8-4-5-9-18(17)24(21(22)26)14-23-10-6-3-7-11-23/h4-5,8-9,13,27H,3,6-7,10-12,14H2,1-2H3/t22-/m0/s1. The second-order valence-corrected chi connectivity index (χ2v) is 7.88. The monoisotopic (exact) mass is 382 g/mol. The minimum atomic E-state index is -1.85. The molecule has 1 fully saturated rings. The van der Waals surface area contributed by atoms with Crippen LogP contribution in [0.25, 0.3) is 0 Å². The van der Waals surface area contributed by atoms with E-state index in [2.05, 4.69) is 4.90 Å². The number of aliphatic hydroxyl groups is 1. The third kappa shape index (κ3) is 3.06. The third-order valence-electron chi connectivity index (χ3n) is 5.88. The highest BCUT2D eigenvalue weighted by atomic mass is 16.3. The molecular weight excluding hydrogens is 356 g/mol. The Morgan fingerprint density at radius 2 is 1.89 bits per heavy atom. The van der Waals surface area contributed by atoms with E-state index in [4.69, 9.17) is 4.42 Å². The molecule has 1 saturated heterocycles. The summed E-state index contributed by atoms with van der Waals surface area (Å²) in [5, 5.41) is 11.4. The summed E-state index contributed by atoms with van der Waals surface area (Å²) in [4.78, 5) is 30.1. The fourth-order valence-corrected chi connectivity index (χ4v) is 4.43. The van der Waals surface area contributed by atoms with Gasteiger partial charge in [-0.1, -0.05) is 24.6 Å². The number of anilines is 1. The fourth-order valence-electron chi connectivity index (χ4n) is 4.43. The highest BCUT2D eigenvalue weighted by Gasteiger charge is 2.51. The van der Waals surface area contributed by atoms with E-state index >= 15 is 0 Å². The lowest BCUT2D eigenvalue weighted by Crippen LogP contribution is -2.47. The summed E-state index contributed by atoms with van der Waals surface area (Å²) >= 11 is 0. The van der Waals surface area contributed by atoms with Crippen molar-refractivity contribution in [2.45, 2.75) is 45.1 Å². The number of ketones is 1. The Kier molecular flexibility index (Phi) is 4.85. The number of hydrogen-bond acceptors (Lipinski definition) is 5. The van der Waals surface area contributed by atoms with Crippen molar-refractivity contribution in [3.8, 4) is 0 Å². The predicted molar refractivity (Wildman–Crippen MR) is 105 cm³/mol. The molecular formula is C22H26N2O4. The lowest BCUT2D eigenvalue weighted by molar-refractivity contribution is -0.136. The number of carbonyl (C=O) groups is 2. The molecule has 1 atom stereocenters. The van der Waals surface area contributed by atoms with E-state index in [9.17, 15) is 14.7 Å². The minimum Gasteiger partial charge on any atom is -0.469 e. The number of Topliss-reactive ketones (excluding diaryl/α,β-unsaturated/α-hetero) is 1. The Hall–Kier alpha value is -2.44. The van der Waals surface area contributed by atoms with Crippen molar-refractivity contribution in [1.29, 1.82) is 0 Å². The van der Waals surface area contributed by atoms with Gasteiger partial charge < -0.3 is 9.52 Å². The molecule has 2 aliphatic heterocycles. The molecule has 148 valence electrons. The van der Waals surface area contributed by atoms with E-state index in [-0.39, 0.29) is 12.2 Å². The van der Waals surface area contributed by atoms with E-state index < -0.39 is 11.5 Å². The molecule has 0 aliphatic carbocycles. The summed E-state index contributed by atoms with van der Waals surface area (Å²) in [7, 11) is 0. The second kappa shape index (κ2) is 7.18. The maximum absolute atomic E-state index is 13.3. The number of carbonyl (C=O) groups excluding carboxylic acids is 2. The lowest BCUT2D eigenvalue weighted by atomic mass is 9.87. The molecule has 0 bridgehead atoms. The van der Waals surface area contributed by atoms with Crippen molar-refractivity contribution in [1.82, 2.24) is 4.90 Å². The Bertz CT molecular complexity index is 894. The number of piperidine rings is 1. The van der Waals surface area contributed by atoms with Crippen LogP contribution < -0.4 is 4.90 Å². The highest BCUT2D eigenvalue weighted by molar-refractivity contribution is 6.11. The van der Waals surface area contributed by atoms with Crippen LogP contribution in [-0.4, -0.2) is 41.5 Å². The average Bonchev–Trinajstić information content (AvgIpc) is 3.13. The Morgan fingerprint density at radius 3 is 2.57 bits per heavy atom. The van der Waals surface area contributed by atoms with Gasteiger partial charge in [0, 0.05) is 5.56 Å². The topological polar surface area (TPSA) is 74.0 Å². The molecule has 0 unspecified atom stereocenters. The fraction of sp³-hybridized carbons (Fsp3) is 0.455. The van der Waals surface area contributed by atoms with Gasteiger partial charge in [0.15, 0.2) is 11.4 Å². The summed E-state index contributed by atoms with van der Waals surface area (Å²) in [6, 6.07) is 7.23. The largest absolute Gasteiger partial charge is 0.469 e. The van der Waals surface area contributed by atoms with E-state index in [1.54, 1.807) is 30.9 Å². The minimum absolute atomic E-state index is 0.283. The van der Waals surface area contributed by atoms with Crippen LogP contribution in [0.4, 0.5) is 5.69 Å². The van der Waals surface area contributed by atoms with Crippen molar-refractivity contribution >= 4 is 17.4 Å². The maximum Gasteiger partial charge on any atom is 0.265 e. The number of nitrogens with zero attached hydrogens (tertiary/aromatic N) is 2. The van der Waals surface area contributed by atoms with Crippen LogP contribution in [0.3, 0.4) is 0 Å². The van der Waals surface area contributed by atoms with E-state index in [1.165, 1.54) is 12.7 Å². The van der Waals surface area contributed by atoms with Crippen LogP contribution in [0, 0.1) is 13.8 Å². The Labute approximate surface area is 164 Å². The number of fused-ring (bicyclic) bond motifs is 1. The molecule has 3 heterocycles. The number of rotatable bonds is 5. The molecule has 4 rings (SSSR count). The lowest BCUT2D eigenvalue weighted by Gasteiger charge is -2.31. The van der Waals surface area contributed by atoms with Crippen molar-refractivity contribution in [3.05, 3.63) is 53.0 Å². The summed E-state index contributed by atoms with van der Waals surface area (Å²) in [6.07, 6.45) is 4.68. The number of para-hydroxylation sites is 1. The number of furan rings is 1. The molecule has 6 nitrogen and oxygen atoms in total. The first kappa shape index (κ1) is 18.9. The number of aryl methyl sites for hydroxylation is 2. The van der Waals surface area contributed by atoms with Crippen LogP contribution in [0.5, 0.6) is 0 Å². The number of amides is 1. The van der Waals surface area contributed by atoms with Crippen molar-refractivity contribution < 1.29 is 19.1 Å². The molecule has 0 saturated carbocycles. The molecule has 2 aliphatic rings. The molecule has 0 spiro atoms. The van der Waals surface area contributed by atoms with Gasteiger partial charge in [-0.2, -0.15) is 0 Å². The quantitative estimate of drug-likeness (QED) is 0.804. The molecule has 1 N–H and O–H groups in total. The second-order valence-electron chi connectivity index (χ2n) is 7.88. The number of likely N-dealkylation sites (tertiary alicyclic amines) is 1. The van der Waals surface area contributed by atoms with Crippen LogP contribution in [-0.2, 0) is 10.4 Å². The van der Waals surface area contributed by atoms with Crippen LogP contribution in [0.15, 0.2) is 34.9 Å². The summed E-state index contributed by atoms with van der Waals surface area (Å²) in [5.41, 5.74) is 0.515. The normalized spacial score (nSPS) is 22.5. The van der Waals surface area contributed by atoms with Gasteiger partial charge in [-0.25, -0.2) is 0 Å². The van der Waals surface area contributed by atoms with Gasteiger partial charge in [0.2, 0.25) is 0 Å².